The van der Waals surface area contributed by atoms with E-state index in [9.17, 15) is 4.79 Å². The maximum Gasteiger partial charge on any atom is 0.266 e. The fraction of sp³-hybridized carbons (Fsp3) is 0.130. The average Bonchev–Trinajstić information content (AvgIpc) is 3.51. The molecule has 0 saturated heterocycles. The summed E-state index contributed by atoms with van der Waals surface area (Å²) in [5, 5.41) is 11.5. The number of methoxy groups -OCH3 is 1. The van der Waals surface area contributed by atoms with Crippen LogP contribution in [0.4, 0.5) is 0 Å². The summed E-state index contributed by atoms with van der Waals surface area (Å²) in [6, 6.07) is 16.2. The van der Waals surface area contributed by atoms with Crippen LogP contribution in [0.1, 0.15) is 18.1 Å². The molecule has 2 aromatic carbocycles. The minimum atomic E-state index is -0.268. The highest BCUT2D eigenvalue weighted by Crippen LogP contribution is 2.37. The molecule has 0 fully saturated rings. The number of halogens is 1. The third-order valence-corrected chi connectivity index (χ3v) is 7.06. The van der Waals surface area contributed by atoms with Crippen molar-refractivity contribution in [3.63, 3.8) is 0 Å². The Kier molecular flexibility index (Phi) is 5.92. The van der Waals surface area contributed by atoms with E-state index in [1.54, 1.807) is 35.9 Å². The Labute approximate surface area is 202 Å². The predicted octanol–water partition coefficient (Wildman–Crippen LogP) is 6.01. The first-order chi connectivity index (χ1) is 16.0. The fourth-order valence-corrected chi connectivity index (χ4v) is 5.11. The zero-order valence-electron chi connectivity index (χ0n) is 17.6. The summed E-state index contributed by atoms with van der Waals surface area (Å²) in [7, 11) is 1.57. The Morgan fingerprint density at radius 3 is 2.79 bits per heavy atom. The molecule has 0 saturated carbocycles. The van der Waals surface area contributed by atoms with Crippen molar-refractivity contribution in [1.29, 1.82) is 0 Å². The number of benzene rings is 2. The monoisotopic (exact) mass is 496 g/mol. The van der Waals surface area contributed by atoms with Crippen molar-refractivity contribution in [3.05, 3.63) is 81.2 Å². The number of hydrogen-bond acceptors (Lipinski definition) is 8. The molecule has 5 rings (SSSR count). The Hall–Kier alpha value is -3.14. The molecule has 0 bridgehead atoms. The molecule has 0 aliphatic heterocycles. The molecular weight excluding hydrogens is 480 g/mol. The van der Waals surface area contributed by atoms with E-state index in [2.05, 4.69) is 10.2 Å². The first-order valence-electron chi connectivity index (χ1n) is 9.95. The molecule has 1 unspecified atom stereocenters. The molecule has 33 heavy (non-hydrogen) atoms. The third kappa shape index (κ3) is 4.15. The summed E-state index contributed by atoms with van der Waals surface area (Å²) in [5.41, 5.74) is 0.882. The SMILES string of the molecule is COc1ccccc1-n1c(SC(C)c2nnc(-c3cccs3)o2)nc2cc(Cl)ccc2c1=O. The van der Waals surface area contributed by atoms with E-state index in [0.717, 1.165) is 4.88 Å². The summed E-state index contributed by atoms with van der Waals surface area (Å²) in [5.74, 6) is 1.46. The molecule has 0 aliphatic rings. The number of thioether (sulfide) groups is 1. The zero-order valence-corrected chi connectivity index (χ0v) is 19.9. The summed E-state index contributed by atoms with van der Waals surface area (Å²) < 4.78 is 13.0. The summed E-state index contributed by atoms with van der Waals surface area (Å²) in [4.78, 5) is 19.2. The minimum Gasteiger partial charge on any atom is -0.495 e. The fourth-order valence-electron chi connectivity index (χ4n) is 3.35. The largest absolute Gasteiger partial charge is 0.495 e. The van der Waals surface area contributed by atoms with Crippen molar-refractivity contribution in [1.82, 2.24) is 19.7 Å². The van der Waals surface area contributed by atoms with Crippen LogP contribution in [0.2, 0.25) is 5.02 Å². The van der Waals surface area contributed by atoms with Crippen molar-refractivity contribution < 1.29 is 9.15 Å². The molecule has 0 radical (unpaired) electrons. The Morgan fingerprint density at radius 1 is 1.15 bits per heavy atom. The minimum absolute atomic E-state index is 0.222. The van der Waals surface area contributed by atoms with E-state index in [0.29, 0.717) is 44.3 Å². The van der Waals surface area contributed by atoms with E-state index in [-0.39, 0.29) is 10.8 Å². The van der Waals surface area contributed by atoms with Crippen LogP contribution in [0.3, 0.4) is 0 Å². The van der Waals surface area contributed by atoms with Crippen molar-refractivity contribution >= 4 is 45.6 Å². The molecule has 5 aromatic rings. The van der Waals surface area contributed by atoms with Crippen LogP contribution in [-0.2, 0) is 0 Å². The van der Waals surface area contributed by atoms with E-state index < -0.39 is 0 Å². The molecule has 1 atom stereocenters. The van der Waals surface area contributed by atoms with Crippen molar-refractivity contribution in [2.45, 2.75) is 17.3 Å². The molecule has 10 heteroatoms. The summed E-state index contributed by atoms with van der Waals surface area (Å²) >= 11 is 9.04. The van der Waals surface area contributed by atoms with E-state index in [1.807, 2.05) is 42.6 Å². The molecule has 0 aliphatic carbocycles. The van der Waals surface area contributed by atoms with Gasteiger partial charge >= 0.3 is 0 Å². The van der Waals surface area contributed by atoms with Gasteiger partial charge in [0.1, 0.15) is 5.75 Å². The number of rotatable bonds is 6. The number of aromatic nitrogens is 4. The number of nitrogens with zero attached hydrogens (tertiary/aromatic N) is 4. The third-order valence-electron chi connectivity index (χ3n) is 4.93. The van der Waals surface area contributed by atoms with Crippen LogP contribution in [0.5, 0.6) is 5.75 Å². The predicted molar refractivity (Wildman–Crippen MR) is 131 cm³/mol. The number of hydrogen-bond donors (Lipinski definition) is 0. The first kappa shape index (κ1) is 21.7. The summed E-state index contributed by atoms with van der Waals surface area (Å²) in [6.07, 6.45) is 0. The van der Waals surface area contributed by atoms with Crippen LogP contribution in [0.25, 0.3) is 27.4 Å². The van der Waals surface area contributed by atoms with Crippen LogP contribution >= 0.6 is 34.7 Å². The van der Waals surface area contributed by atoms with Gasteiger partial charge in [0.05, 0.1) is 33.8 Å². The molecule has 7 nitrogen and oxygen atoms in total. The average molecular weight is 497 g/mol. The molecule has 0 N–H and O–H groups in total. The van der Waals surface area contributed by atoms with Gasteiger partial charge in [0.15, 0.2) is 5.16 Å². The van der Waals surface area contributed by atoms with Gasteiger partial charge in [0.2, 0.25) is 5.89 Å². The van der Waals surface area contributed by atoms with Gasteiger partial charge in [-0.25, -0.2) is 4.98 Å². The van der Waals surface area contributed by atoms with E-state index in [1.165, 1.54) is 23.1 Å². The van der Waals surface area contributed by atoms with E-state index >= 15 is 0 Å². The molecule has 3 heterocycles. The van der Waals surface area contributed by atoms with Gasteiger partial charge in [-0.2, -0.15) is 0 Å². The Balaban J connectivity index is 1.62. The van der Waals surface area contributed by atoms with Crippen molar-refractivity contribution in [2.24, 2.45) is 0 Å². The molecular formula is C23H17ClN4O3S2. The van der Waals surface area contributed by atoms with Gasteiger partial charge in [-0.05, 0) is 48.7 Å². The second-order valence-electron chi connectivity index (χ2n) is 7.05. The molecule has 0 spiro atoms. The quantitative estimate of drug-likeness (QED) is 0.210. The van der Waals surface area contributed by atoms with E-state index in [4.69, 9.17) is 25.7 Å². The van der Waals surface area contributed by atoms with Crippen molar-refractivity contribution in [2.75, 3.05) is 7.11 Å². The number of para-hydroxylation sites is 2. The summed E-state index contributed by atoms with van der Waals surface area (Å²) in [6.45, 7) is 1.93. The van der Waals surface area contributed by atoms with Gasteiger partial charge in [0.25, 0.3) is 11.4 Å². The molecule has 3 aromatic heterocycles. The lowest BCUT2D eigenvalue weighted by atomic mass is 10.2. The van der Waals surface area contributed by atoms with Gasteiger partial charge in [0, 0.05) is 5.02 Å². The van der Waals surface area contributed by atoms with Crippen LogP contribution in [-0.4, -0.2) is 26.9 Å². The smallest absolute Gasteiger partial charge is 0.266 e. The highest BCUT2D eigenvalue weighted by Gasteiger charge is 2.22. The van der Waals surface area contributed by atoms with Crippen LogP contribution in [0, 0.1) is 0 Å². The second kappa shape index (κ2) is 9.01. The number of thiophene rings is 1. The highest BCUT2D eigenvalue weighted by molar-refractivity contribution is 7.99. The van der Waals surface area contributed by atoms with Crippen LogP contribution in [0.15, 0.2) is 74.3 Å². The van der Waals surface area contributed by atoms with Gasteiger partial charge < -0.3 is 9.15 Å². The molecule has 166 valence electrons. The zero-order chi connectivity index (χ0) is 22.9. The van der Waals surface area contributed by atoms with Crippen molar-refractivity contribution in [3.8, 4) is 22.2 Å². The van der Waals surface area contributed by atoms with Gasteiger partial charge in [-0.1, -0.05) is 41.6 Å². The number of ether oxygens (including phenoxy) is 1. The lowest BCUT2D eigenvalue weighted by Gasteiger charge is -2.17. The standard InChI is InChI=1S/C23H17ClN4O3S2/c1-13(20-26-27-21(31-20)19-8-5-11-32-19)33-23-25-16-12-14(24)9-10-15(16)22(29)28(23)17-6-3-4-7-18(17)30-2/h3-13H,1-2H3. The Morgan fingerprint density at radius 2 is 2.00 bits per heavy atom. The maximum absolute atomic E-state index is 13.6. The second-order valence-corrected chi connectivity index (χ2v) is 9.74. The normalized spacial score (nSPS) is 12.2. The number of fused-ring (bicyclic) bond motifs is 1. The Bertz CT molecular complexity index is 1500. The lowest BCUT2D eigenvalue weighted by molar-refractivity contribution is 0.411. The highest BCUT2D eigenvalue weighted by atomic mass is 35.5. The van der Waals surface area contributed by atoms with Gasteiger partial charge in [-0.15, -0.1) is 21.5 Å². The lowest BCUT2D eigenvalue weighted by Crippen LogP contribution is -2.22. The van der Waals surface area contributed by atoms with Crippen LogP contribution < -0.4 is 10.3 Å². The van der Waals surface area contributed by atoms with Gasteiger partial charge in [-0.3, -0.25) is 9.36 Å². The maximum atomic E-state index is 13.6. The topological polar surface area (TPSA) is 83.0 Å². The first-order valence-corrected chi connectivity index (χ1v) is 12.1. The molecule has 0 amide bonds.